The summed E-state index contributed by atoms with van der Waals surface area (Å²) in [7, 11) is 0. The van der Waals surface area contributed by atoms with Crippen molar-refractivity contribution in [2.45, 2.75) is 19.5 Å². The van der Waals surface area contributed by atoms with Crippen LogP contribution in [-0.2, 0) is 19.5 Å². The van der Waals surface area contributed by atoms with Gasteiger partial charge in [-0.25, -0.2) is 9.97 Å². The van der Waals surface area contributed by atoms with Gasteiger partial charge in [-0.05, 0) is 29.7 Å². The van der Waals surface area contributed by atoms with Crippen molar-refractivity contribution in [1.82, 2.24) is 9.97 Å². The standard InChI is InChI=1S/C24H22N4O/c1-2-8-19(9-3-1)24-26-22(25-16-21-11-6-14-29-21)15-23(27-24)28-13-12-18-7-4-5-10-20(18)17-28/h1-11,14-15H,12-13,16-17H2,(H,25,26,27). The molecule has 0 bridgehead atoms. The minimum Gasteiger partial charge on any atom is -0.467 e. The molecule has 2 aromatic carbocycles. The van der Waals surface area contributed by atoms with E-state index >= 15 is 0 Å². The molecule has 29 heavy (non-hydrogen) atoms. The lowest BCUT2D eigenvalue weighted by molar-refractivity contribution is 0.518. The third-order valence-electron chi connectivity index (χ3n) is 5.22. The van der Waals surface area contributed by atoms with Crippen LogP contribution in [0.1, 0.15) is 16.9 Å². The molecule has 5 rings (SSSR count). The lowest BCUT2D eigenvalue weighted by Crippen LogP contribution is -2.31. The quantitative estimate of drug-likeness (QED) is 0.531. The fourth-order valence-electron chi connectivity index (χ4n) is 3.69. The van der Waals surface area contributed by atoms with E-state index in [9.17, 15) is 0 Å². The molecule has 0 aliphatic carbocycles. The fraction of sp³-hybridized carbons (Fsp3) is 0.167. The first-order valence-corrected chi connectivity index (χ1v) is 9.88. The van der Waals surface area contributed by atoms with Gasteiger partial charge in [-0.15, -0.1) is 0 Å². The highest BCUT2D eigenvalue weighted by Crippen LogP contribution is 2.27. The molecule has 0 unspecified atom stereocenters. The zero-order valence-electron chi connectivity index (χ0n) is 16.1. The van der Waals surface area contributed by atoms with Gasteiger partial charge < -0.3 is 14.6 Å². The zero-order chi connectivity index (χ0) is 19.5. The second kappa shape index (κ2) is 7.80. The van der Waals surface area contributed by atoms with Crippen molar-refractivity contribution in [3.8, 4) is 11.4 Å². The summed E-state index contributed by atoms with van der Waals surface area (Å²) in [5.74, 6) is 3.33. The molecule has 0 fully saturated rings. The van der Waals surface area contributed by atoms with Gasteiger partial charge in [-0.3, -0.25) is 0 Å². The Morgan fingerprint density at radius 3 is 2.55 bits per heavy atom. The largest absolute Gasteiger partial charge is 0.467 e. The van der Waals surface area contributed by atoms with E-state index < -0.39 is 0 Å². The summed E-state index contributed by atoms with van der Waals surface area (Å²) < 4.78 is 5.44. The summed E-state index contributed by atoms with van der Waals surface area (Å²) in [6.45, 7) is 2.39. The number of hydrogen-bond donors (Lipinski definition) is 1. The smallest absolute Gasteiger partial charge is 0.163 e. The number of benzene rings is 2. The molecule has 144 valence electrons. The van der Waals surface area contributed by atoms with Gasteiger partial charge >= 0.3 is 0 Å². The first kappa shape index (κ1) is 17.5. The Kier molecular flexibility index (Phi) is 4.70. The summed E-state index contributed by atoms with van der Waals surface area (Å²) in [4.78, 5) is 12.0. The van der Waals surface area contributed by atoms with Gasteiger partial charge in [-0.1, -0.05) is 54.6 Å². The van der Waals surface area contributed by atoms with Crippen molar-refractivity contribution in [3.05, 3.63) is 95.9 Å². The number of rotatable bonds is 5. The highest BCUT2D eigenvalue weighted by atomic mass is 16.3. The monoisotopic (exact) mass is 382 g/mol. The molecule has 0 spiro atoms. The minimum absolute atomic E-state index is 0.584. The topological polar surface area (TPSA) is 54.2 Å². The van der Waals surface area contributed by atoms with Gasteiger partial charge in [0.25, 0.3) is 0 Å². The minimum atomic E-state index is 0.584. The van der Waals surface area contributed by atoms with E-state index in [1.165, 1.54) is 11.1 Å². The number of aromatic nitrogens is 2. The van der Waals surface area contributed by atoms with E-state index in [-0.39, 0.29) is 0 Å². The van der Waals surface area contributed by atoms with Crippen LogP contribution in [0.4, 0.5) is 11.6 Å². The van der Waals surface area contributed by atoms with Crippen LogP contribution in [0.3, 0.4) is 0 Å². The second-order valence-electron chi connectivity index (χ2n) is 7.17. The van der Waals surface area contributed by atoms with E-state index in [1.807, 2.05) is 48.5 Å². The van der Waals surface area contributed by atoms with Crippen molar-refractivity contribution in [3.63, 3.8) is 0 Å². The van der Waals surface area contributed by atoms with E-state index in [1.54, 1.807) is 6.26 Å². The number of hydrogen-bond acceptors (Lipinski definition) is 5. The van der Waals surface area contributed by atoms with Crippen LogP contribution in [0.15, 0.2) is 83.5 Å². The Balaban J connectivity index is 1.48. The molecule has 0 radical (unpaired) electrons. The summed E-state index contributed by atoms with van der Waals surface area (Å²) in [6, 6.07) is 24.6. The molecule has 1 aliphatic heterocycles. The van der Waals surface area contributed by atoms with Crippen LogP contribution in [0.2, 0.25) is 0 Å². The van der Waals surface area contributed by atoms with Crippen LogP contribution in [0.5, 0.6) is 0 Å². The van der Waals surface area contributed by atoms with Crippen molar-refractivity contribution in [1.29, 1.82) is 0 Å². The molecule has 0 atom stereocenters. The van der Waals surface area contributed by atoms with Crippen molar-refractivity contribution in [2.75, 3.05) is 16.8 Å². The van der Waals surface area contributed by atoms with Crippen molar-refractivity contribution >= 4 is 11.6 Å². The van der Waals surface area contributed by atoms with E-state index in [0.29, 0.717) is 6.54 Å². The van der Waals surface area contributed by atoms with Gasteiger partial charge in [-0.2, -0.15) is 0 Å². The molecule has 0 saturated carbocycles. The van der Waals surface area contributed by atoms with Crippen LogP contribution in [0, 0.1) is 0 Å². The van der Waals surface area contributed by atoms with Gasteiger partial charge in [0.2, 0.25) is 0 Å². The first-order chi connectivity index (χ1) is 14.3. The average molecular weight is 382 g/mol. The second-order valence-corrected chi connectivity index (χ2v) is 7.17. The first-order valence-electron chi connectivity index (χ1n) is 9.88. The molecule has 3 heterocycles. The van der Waals surface area contributed by atoms with E-state index in [4.69, 9.17) is 14.4 Å². The van der Waals surface area contributed by atoms with Gasteiger partial charge in [0.05, 0.1) is 12.8 Å². The zero-order valence-corrected chi connectivity index (χ0v) is 16.1. The maximum Gasteiger partial charge on any atom is 0.163 e. The summed E-state index contributed by atoms with van der Waals surface area (Å²) in [6.07, 6.45) is 2.71. The highest BCUT2D eigenvalue weighted by molar-refractivity contribution is 5.62. The van der Waals surface area contributed by atoms with E-state index in [0.717, 1.165) is 48.3 Å². The number of furan rings is 1. The predicted octanol–water partition coefficient (Wildman–Crippen LogP) is 4.91. The van der Waals surface area contributed by atoms with Crippen molar-refractivity contribution < 1.29 is 4.42 Å². The lowest BCUT2D eigenvalue weighted by Gasteiger charge is -2.30. The molecule has 4 aromatic rings. The van der Waals surface area contributed by atoms with Crippen molar-refractivity contribution in [2.24, 2.45) is 0 Å². The number of anilines is 2. The third kappa shape index (κ3) is 3.85. The summed E-state index contributed by atoms with van der Waals surface area (Å²) in [5.41, 5.74) is 3.80. The van der Waals surface area contributed by atoms with E-state index in [2.05, 4.69) is 34.5 Å². The Hall–Kier alpha value is -3.60. The molecule has 5 heteroatoms. The molecule has 2 aromatic heterocycles. The molecule has 0 amide bonds. The van der Waals surface area contributed by atoms with Crippen LogP contribution >= 0.6 is 0 Å². The Bertz CT molecular complexity index is 1090. The summed E-state index contributed by atoms with van der Waals surface area (Å²) >= 11 is 0. The maximum absolute atomic E-state index is 5.44. The lowest BCUT2D eigenvalue weighted by atomic mass is 10.00. The van der Waals surface area contributed by atoms with Crippen LogP contribution in [0.25, 0.3) is 11.4 Å². The van der Waals surface area contributed by atoms with Crippen LogP contribution in [-0.4, -0.2) is 16.5 Å². The number of fused-ring (bicyclic) bond motifs is 1. The molecule has 1 N–H and O–H groups in total. The van der Waals surface area contributed by atoms with Gasteiger partial charge in [0.15, 0.2) is 5.82 Å². The molecule has 5 nitrogen and oxygen atoms in total. The SMILES string of the molecule is c1ccc(-c2nc(NCc3ccco3)cc(N3CCc4ccccc4C3)n2)cc1. The van der Waals surface area contributed by atoms with Crippen LogP contribution < -0.4 is 10.2 Å². The molecule has 0 saturated heterocycles. The number of nitrogens with one attached hydrogen (secondary N) is 1. The molecular formula is C24H22N4O. The Morgan fingerprint density at radius 1 is 0.897 bits per heavy atom. The summed E-state index contributed by atoms with van der Waals surface area (Å²) in [5, 5.41) is 3.38. The maximum atomic E-state index is 5.44. The molecule has 1 aliphatic rings. The predicted molar refractivity (Wildman–Crippen MR) is 115 cm³/mol. The average Bonchev–Trinajstić information content (AvgIpc) is 3.31. The van der Waals surface area contributed by atoms with Gasteiger partial charge in [0, 0.05) is 24.7 Å². The Labute approximate surface area is 170 Å². The number of nitrogens with zero attached hydrogens (tertiary/aromatic N) is 3. The fourth-order valence-corrected chi connectivity index (χ4v) is 3.69. The van der Waals surface area contributed by atoms with Gasteiger partial charge in [0.1, 0.15) is 17.4 Å². The normalized spacial score (nSPS) is 13.2. The third-order valence-corrected chi connectivity index (χ3v) is 5.22. The Morgan fingerprint density at radius 2 is 1.72 bits per heavy atom. The molecular weight excluding hydrogens is 360 g/mol. The highest BCUT2D eigenvalue weighted by Gasteiger charge is 2.19.